The summed E-state index contributed by atoms with van der Waals surface area (Å²) in [5, 5.41) is 0. The van der Waals surface area contributed by atoms with Crippen molar-refractivity contribution in [2.75, 3.05) is 5.43 Å². The van der Waals surface area contributed by atoms with Gasteiger partial charge in [0.05, 0.1) is 0 Å². The molecule has 106 valence electrons. The van der Waals surface area contributed by atoms with Crippen LogP contribution in [0.1, 0.15) is 31.9 Å². The summed E-state index contributed by atoms with van der Waals surface area (Å²) in [5.41, 5.74) is 4.81. The normalized spacial score (nSPS) is 11.2. The standard InChI is InChI=1S/C16H21N3O/c1-16(2,3)13-6-4-5-7-14(13)20-11-12-8-9-18-15(10-12)19-17/h4-10H,11,17H2,1-3H3,(H,18,19). The molecule has 0 unspecified atom stereocenters. The molecule has 2 rings (SSSR count). The Morgan fingerprint density at radius 1 is 1.20 bits per heavy atom. The molecular formula is C16H21N3O. The Morgan fingerprint density at radius 2 is 1.95 bits per heavy atom. The van der Waals surface area contributed by atoms with E-state index in [9.17, 15) is 0 Å². The highest BCUT2D eigenvalue weighted by molar-refractivity contribution is 5.39. The van der Waals surface area contributed by atoms with E-state index in [0.717, 1.165) is 11.3 Å². The largest absolute Gasteiger partial charge is 0.489 e. The van der Waals surface area contributed by atoms with Crippen LogP contribution in [0.3, 0.4) is 0 Å². The Labute approximate surface area is 120 Å². The Kier molecular flexibility index (Phi) is 4.25. The van der Waals surface area contributed by atoms with E-state index in [1.165, 1.54) is 5.56 Å². The number of ether oxygens (including phenoxy) is 1. The third kappa shape index (κ3) is 3.48. The molecule has 2 aromatic rings. The highest BCUT2D eigenvalue weighted by Crippen LogP contribution is 2.31. The average Bonchev–Trinajstić information content (AvgIpc) is 2.44. The zero-order valence-corrected chi connectivity index (χ0v) is 12.2. The zero-order valence-electron chi connectivity index (χ0n) is 12.2. The lowest BCUT2D eigenvalue weighted by molar-refractivity contribution is 0.297. The first-order valence-corrected chi connectivity index (χ1v) is 6.64. The van der Waals surface area contributed by atoms with Crippen LogP contribution in [0.4, 0.5) is 5.82 Å². The summed E-state index contributed by atoms with van der Waals surface area (Å²) in [5.74, 6) is 6.90. The molecule has 0 aliphatic heterocycles. The smallest absolute Gasteiger partial charge is 0.140 e. The first-order chi connectivity index (χ1) is 9.50. The third-order valence-electron chi connectivity index (χ3n) is 3.06. The summed E-state index contributed by atoms with van der Waals surface area (Å²) >= 11 is 0. The summed E-state index contributed by atoms with van der Waals surface area (Å²) in [6.07, 6.45) is 1.71. The van der Waals surface area contributed by atoms with Crippen LogP contribution >= 0.6 is 0 Å². The highest BCUT2D eigenvalue weighted by Gasteiger charge is 2.18. The maximum absolute atomic E-state index is 5.95. The molecule has 0 radical (unpaired) electrons. The van der Waals surface area contributed by atoms with E-state index in [2.05, 4.69) is 37.2 Å². The lowest BCUT2D eigenvalue weighted by Crippen LogP contribution is -2.13. The SMILES string of the molecule is CC(C)(C)c1ccccc1OCc1ccnc(NN)c1. The molecule has 1 aromatic carbocycles. The minimum absolute atomic E-state index is 0.0544. The van der Waals surface area contributed by atoms with Gasteiger partial charge >= 0.3 is 0 Å². The number of aromatic nitrogens is 1. The molecular weight excluding hydrogens is 250 g/mol. The van der Waals surface area contributed by atoms with Crippen molar-refractivity contribution >= 4 is 5.82 Å². The van der Waals surface area contributed by atoms with Crippen molar-refractivity contribution in [3.05, 3.63) is 53.7 Å². The molecule has 0 bridgehead atoms. The molecule has 4 nitrogen and oxygen atoms in total. The number of nitrogens with two attached hydrogens (primary N) is 1. The quantitative estimate of drug-likeness (QED) is 0.662. The number of hydrogen-bond donors (Lipinski definition) is 2. The number of para-hydroxylation sites is 1. The maximum atomic E-state index is 5.95. The van der Waals surface area contributed by atoms with Gasteiger partial charge in [-0.3, -0.25) is 0 Å². The maximum Gasteiger partial charge on any atom is 0.140 e. The molecule has 0 saturated heterocycles. The molecule has 0 aliphatic rings. The van der Waals surface area contributed by atoms with E-state index >= 15 is 0 Å². The molecule has 0 fully saturated rings. The highest BCUT2D eigenvalue weighted by atomic mass is 16.5. The van der Waals surface area contributed by atoms with Crippen LogP contribution in [0.2, 0.25) is 0 Å². The Morgan fingerprint density at radius 3 is 2.65 bits per heavy atom. The van der Waals surface area contributed by atoms with Gasteiger partial charge in [0.2, 0.25) is 0 Å². The minimum atomic E-state index is 0.0544. The number of hydrazine groups is 1. The molecule has 1 aromatic heterocycles. The topological polar surface area (TPSA) is 60.2 Å². The van der Waals surface area contributed by atoms with Gasteiger partial charge in [-0.25, -0.2) is 10.8 Å². The van der Waals surface area contributed by atoms with Crippen LogP contribution in [0.25, 0.3) is 0 Å². The summed E-state index contributed by atoms with van der Waals surface area (Å²) < 4.78 is 5.95. The second kappa shape index (κ2) is 5.92. The van der Waals surface area contributed by atoms with Gasteiger partial charge < -0.3 is 10.2 Å². The first kappa shape index (κ1) is 14.3. The molecule has 20 heavy (non-hydrogen) atoms. The Hall–Kier alpha value is -2.07. The predicted octanol–water partition coefficient (Wildman–Crippen LogP) is 3.24. The van der Waals surface area contributed by atoms with Crippen LogP contribution in [0.15, 0.2) is 42.6 Å². The molecule has 0 aliphatic carbocycles. The zero-order chi connectivity index (χ0) is 14.6. The second-order valence-corrected chi connectivity index (χ2v) is 5.73. The molecule has 0 atom stereocenters. The van der Waals surface area contributed by atoms with Crippen LogP contribution in [0.5, 0.6) is 5.75 Å². The van der Waals surface area contributed by atoms with Crippen LogP contribution < -0.4 is 16.0 Å². The van der Waals surface area contributed by atoms with Gasteiger partial charge in [-0.1, -0.05) is 39.0 Å². The number of rotatable bonds is 4. The Balaban J connectivity index is 2.15. The van der Waals surface area contributed by atoms with Gasteiger partial charge in [0, 0.05) is 6.20 Å². The number of pyridine rings is 1. The van der Waals surface area contributed by atoms with Crippen molar-refractivity contribution in [3.63, 3.8) is 0 Å². The molecule has 0 spiro atoms. The van der Waals surface area contributed by atoms with Crippen molar-refractivity contribution in [3.8, 4) is 5.75 Å². The van der Waals surface area contributed by atoms with Gasteiger partial charge in [-0.2, -0.15) is 0 Å². The van der Waals surface area contributed by atoms with Gasteiger partial charge in [-0.05, 0) is 34.7 Å². The van der Waals surface area contributed by atoms with Crippen molar-refractivity contribution in [2.24, 2.45) is 5.84 Å². The number of hydrogen-bond acceptors (Lipinski definition) is 4. The molecule has 1 heterocycles. The first-order valence-electron chi connectivity index (χ1n) is 6.64. The lowest BCUT2D eigenvalue weighted by atomic mass is 9.86. The number of nitrogens with zero attached hydrogens (tertiary/aromatic N) is 1. The third-order valence-corrected chi connectivity index (χ3v) is 3.06. The summed E-state index contributed by atoms with van der Waals surface area (Å²) in [7, 11) is 0. The van der Waals surface area contributed by atoms with Crippen molar-refractivity contribution < 1.29 is 4.74 Å². The fourth-order valence-electron chi connectivity index (χ4n) is 2.02. The fourth-order valence-corrected chi connectivity index (χ4v) is 2.02. The number of anilines is 1. The van der Waals surface area contributed by atoms with E-state index in [1.54, 1.807) is 6.20 Å². The summed E-state index contributed by atoms with van der Waals surface area (Å²) in [6.45, 7) is 7.03. The van der Waals surface area contributed by atoms with Crippen molar-refractivity contribution in [2.45, 2.75) is 32.8 Å². The van der Waals surface area contributed by atoms with E-state index in [-0.39, 0.29) is 5.41 Å². The fraction of sp³-hybridized carbons (Fsp3) is 0.312. The van der Waals surface area contributed by atoms with Crippen LogP contribution in [-0.4, -0.2) is 4.98 Å². The van der Waals surface area contributed by atoms with Gasteiger partial charge in [-0.15, -0.1) is 0 Å². The molecule has 0 saturated carbocycles. The molecule has 0 amide bonds. The second-order valence-electron chi connectivity index (χ2n) is 5.73. The molecule has 3 N–H and O–H groups in total. The summed E-state index contributed by atoms with van der Waals surface area (Å²) in [6, 6.07) is 11.9. The van der Waals surface area contributed by atoms with Crippen LogP contribution in [-0.2, 0) is 12.0 Å². The summed E-state index contributed by atoms with van der Waals surface area (Å²) in [4.78, 5) is 4.08. The Bertz CT molecular complexity index is 576. The minimum Gasteiger partial charge on any atom is -0.489 e. The van der Waals surface area contributed by atoms with Crippen molar-refractivity contribution in [1.82, 2.24) is 4.98 Å². The predicted molar refractivity (Wildman–Crippen MR) is 81.5 cm³/mol. The number of nitrogens with one attached hydrogen (secondary N) is 1. The van der Waals surface area contributed by atoms with Gasteiger partial charge in [0.1, 0.15) is 18.2 Å². The van der Waals surface area contributed by atoms with Gasteiger partial charge in [0.15, 0.2) is 0 Å². The van der Waals surface area contributed by atoms with E-state index < -0.39 is 0 Å². The number of nitrogen functional groups attached to an aromatic ring is 1. The van der Waals surface area contributed by atoms with E-state index in [4.69, 9.17) is 10.6 Å². The van der Waals surface area contributed by atoms with Crippen LogP contribution in [0, 0.1) is 0 Å². The lowest BCUT2D eigenvalue weighted by Gasteiger charge is -2.22. The number of benzene rings is 1. The van der Waals surface area contributed by atoms with E-state index in [0.29, 0.717) is 12.4 Å². The average molecular weight is 271 g/mol. The molecule has 4 heteroatoms. The van der Waals surface area contributed by atoms with E-state index in [1.807, 2.05) is 30.3 Å². The van der Waals surface area contributed by atoms with Crippen molar-refractivity contribution in [1.29, 1.82) is 0 Å². The monoisotopic (exact) mass is 271 g/mol. The van der Waals surface area contributed by atoms with Gasteiger partial charge in [0.25, 0.3) is 0 Å².